The van der Waals surface area contributed by atoms with E-state index >= 15 is 0 Å². The highest BCUT2D eigenvalue weighted by molar-refractivity contribution is 7.89. The van der Waals surface area contributed by atoms with Crippen LogP contribution in [-0.2, 0) is 16.6 Å². The molecule has 0 radical (unpaired) electrons. The van der Waals surface area contributed by atoms with Crippen LogP contribution in [0.2, 0.25) is 0 Å². The van der Waals surface area contributed by atoms with Gasteiger partial charge in [-0.05, 0) is 25.2 Å². The van der Waals surface area contributed by atoms with Crippen molar-refractivity contribution in [1.82, 2.24) is 14.5 Å². The van der Waals surface area contributed by atoms with Crippen LogP contribution in [0.25, 0.3) is 0 Å². The molecule has 1 aromatic heterocycles. The van der Waals surface area contributed by atoms with Gasteiger partial charge in [-0.1, -0.05) is 13.8 Å². The van der Waals surface area contributed by atoms with Gasteiger partial charge in [0, 0.05) is 24.3 Å². The first-order chi connectivity index (χ1) is 8.87. The lowest BCUT2D eigenvalue weighted by Gasteiger charge is -2.34. The molecule has 1 aliphatic rings. The molecule has 0 spiro atoms. The minimum atomic E-state index is -3.61. The molecule has 0 bridgehead atoms. The van der Waals surface area contributed by atoms with Crippen molar-refractivity contribution in [1.29, 1.82) is 0 Å². The molecule has 1 aliphatic heterocycles. The Morgan fingerprint density at radius 2 is 2.11 bits per heavy atom. The number of nitrogens with one attached hydrogen (secondary N) is 1. The number of sulfonamides is 1. The molecule has 0 aromatic carbocycles. The molecule has 2 rings (SSSR count). The van der Waals surface area contributed by atoms with Crippen molar-refractivity contribution in [3.63, 3.8) is 0 Å². The van der Waals surface area contributed by atoms with Crippen molar-refractivity contribution >= 4 is 10.0 Å². The monoisotopic (exact) mass is 287 g/mol. The van der Waals surface area contributed by atoms with E-state index in [0.717, 1.165) is 6.42 Å². The molecular weight excluding hydrogens is 266 g/mol. The Balaban J connectivity index is 2.32. The van der Waals surface area contributed by atoms with E-state index in [1.165, 1.54) is 4.31 Å². The van der Waals surface area contributed by atoms with Crippen LogP contribution in [0, 0.1) is 18.8 Å². The second-order valence-electron chi connectivity index (χ2n) is 5.40. The summed E-state index contributed by atoms with van der Waals surface area (Å²) in [7, 11) is -3.61. The van der Waals surface area contributed by atoms with E-state index in [9.17, 15) is 13.5 Å². The van der Waals surface area contributed by atoms with E-state index in [2.05, 4.69) is 24.0 Å². The van der Waals surface area contributed by atoms with E-state index in [1.54, 1.807) is 6.92 Å². The van der Waals surface area contributed by atoms with Crippen molar-refractivity contribution in [2.75, 3.05) is 13.1 Å². The van der Waals surface area contributed by atoms with Crippen LogP contribution in [0.3, 0.4) is 0 Å². The van der Waals surface area contributed by atoms with E-state index < -0.39 is 10.0 Å². The number of aryl methyl sites for hydroxylation is 1. The summed E-state index contributed by atoms with van der Waals surface area (Å²) in [5.74, 6) is 0.867. The van der Waals surface area contributed by atoms with E-state index in [1.807, 2.05) is 0 Å². The molecule has 1 aromatic rings. The van der Waals surface area contributed by atoms with E-state index in [4.69, 9.17) is 0 Å². The largest absolute Gasteiger partial charge is 0.392 e. The topological polar surface area (TPSA) is 86.3 Å². The van der Waals surface area contributed by atoms with Gasteiger partial charge in [-0.25, -0.2) is 8.42 Å². The zero-order valence-corrected chi connectivity index (χ0v) is 12.4. The van der Waals surface area contributed by atoms with Gasteiger partial charge in [0.1, 0.15) is 0 Å². The molecule has 108 valence electrons. The van der Waals surface area contributed by atoms with Gasteiger partial charge in [0.05, 0.1) is 6.61 Å². The van der Waals surface area contributed by atoms with Gasteiger partial charge in [0.25, 0.3) is 10.0 Å². The summed E-state index contributed by atoms with van der Waals surface area (Å²) in [6.07, 6.45) is 0.859. The number of nitrogens with zero attached hydrogens (tertiary/aromatic N) is 2. The number of aliphatic hydroxyl groups is 1. The third-order valence-corrected chi connectivity index (χ3v) is 5.91. The summed E-state index contributed by atoms with van der Waals surface area (Å²) in [5, 5.41) is 15.8. The van der Waals surface area contributed by atoms with Gasteiger partial charge in [-0.15, -0.1) is 0 Å². The summed E-state index contributed by atoms with van der Waals surface area (Å²) < 4.78 is 26.6. The number of aromatic nitrogens is 2. The van der Waals surface area contributed by atoms with Crippen LogP contribution < -0.4 is 0 Å². The first-order valence-corrected chi connectivity index (χ1v) is 7.96. The third-order valence-electron chi connectivity index (χ3n) is 4.08. The normalized spacial score (nSPS) is 25.7. The van der Waals surface area contributed by atoms with Crippen LogP contribution in [0.15, 0.2) is 5.03 Å². The second-order valence-corrected chi connectivity index (χ2v) is 7.25. The Bertz CT molecular complexity index is 553. The van der Waals surface area contributed by atoms with Crippen molar-refractivity contribution in [2.45, 2.75) is 38.8 Å². The van der Waals surface area contributed by atoms with Crippen LogP contribution in [0.5, 0.6) is 0 Å². The first-order valence-electron chi connectivity index (χ1n) is 6.52. The van der Waals surface area contributed by atoms with Crippen molar-refractivity contribution in [3.8, 4) is 0 Å². The van der Waals surface area contributed by atoms with Gasteiger partial charge in [0.2, 0.25) is 0 Å². The molecule has 0 amide bonds. The van der Waals surface area contributed by atoms with E-state index in [-0.39, 0.29) is 11.6 Å². The van der Waals surface area contributed by atoms with Crippen LogP contribution in [-0.4, -0.2) is 41.1 Å². The maximum absolute atomic E-state index is 12.6. The minimum Gasteiger partial charge on any atom is -0.392 e. The van der Waals surface area contributed by atoms with Gasteiger partial charge < -0.3 is 5.11 Å². The Labute approximate surface area is 113 Å². The van der Waals surface area contributed by atoms with Gasteiger partial charge in [-0.3, -0.25) is 5.10 Å². The highest BCUT2D eigenvalue weighted by Crippen LogP contribution is 2.28. The second kappa shape index (κ2) is 5.22. The SMILES string of the molecule is Cc1[nH]nc(S(=O)(=O)N2CCC(C)C(C)C2)c1CO. The lowest BCUT2D eigenvalue weighted by atomic mass is 9.90. The Morgan fingerprint density at radius 3 is 2.68 bits per heavy atom. The molecular formula is C12H21N3O3S. The summed E-state index contributed by atoms with van der Waals surface area (Å²) in [5.41, 5.74) is 0.964. The van der Waals surface area contributed by atoms with E-state index in [0.29, 0.717) is 36.2 Å². The van der Waals surface area contributed by atoms with Crippen molar-refractivity contribution in [3.05, 3.63) is 11.3 Å². The van der Waals surface area contributed by atoms with Crippen LogP contribution in [0.1, 0.15) is 31.5 Å². The number of piperidine rings is 1. The molecule has 2 heterocycles. The standard InChI is InChI=1S/C12H21N3O3S/c1-8-4-5-15(6-9(8)2)19(17,18)12-11(7-16)10(3)13-14-12/h8-9,16H,4-7H2,1-3H3,(H,13,14). The summed E-state index contributed by atoms with van der Waals surface area (Å²) in [6.45, 7) is 6.63. The summed E-state index contributed by atoms with van der Waals surface area (Å²) in [4.78, 5) is 0. The average Bonchev–Trinajstić information content (AvgIpc) is 2.74. The number of H-pyrrole nitrogens is 1. The number of hydrogen-bond donors (Lipinski definition) is 2. The Hall–Kier alpha value is -0.920. The van der Waals surface area contributed by atoms with Gasteiger partial charge >= 0.3 is 0 Å². The number of aliphatic hydroxyl groups excluding tert-OH is 1. The van der Waals surface area contributed by atoms with Crippen molar-refractivity contribution in [2.24, 2.45) is 11.8 Å². The minimum absolute atomic E-state index is 0.0331. The molecule has 2 unspecified atom stereocenters. The fraction of sp³-hybridized carbons (Fsp3) is 0.750. The van der Waals surface area contributed by atoms with Gasteiger partial charge in [0.15, 0.2) is 5.03 Å². The zero-order valence-electron chi connectivity index (χ0n) is 11.5. The third kappa shape index (κ3) is 2.54. The highest BCUT2D eigenvalue weighted by Gasteiger charge is 2.34. The molecule has 7 heteroatoms. The number of aromatic amines is 1. The number of rotatable bonds is 3. The molecule has 0 saturated carbocycles. The van der Waals surface area contributed by atoms with Crippen LogP contribution >= 0.6 is 0 Å². The summed E-state index contributed by atoms with van der Waals surface area (Å²) >= 11 is 0. The molecule has 0 aliphatic carbocycles. The quantitative estimate of drug-likeness (QED) is 0.864. The maximum Gasteiger partial charge on any atom is 0.262 e. The van der Waals surface area contributed by atoms with Gasteiger partial charge in [-0.2, -0.15) is 9.40 Å². The molecule has 2 atom stereocenters. The summed E-state index contributed by atoms with van der Waals surface area (Å²) in [6, 6.07) is 0. The molecule has 2 N–H and O–H groups in total. The molecule has 1 saturated heterocycles. The molecule has 19 heavy (non-hydrogen) atoms. The highest BCUT2D eigenvalue weighted by atomic mass is 32.2. The smallest absolute Gasteiger partial charge is 0.262 e. The lowest BCUT2D eigenvalue weighted by molar-refractivity contribution is 0.211. The predicted molar refractivity (Wildman–Crippen MR) is 71.0 cm³/mol. The zero-order chi connectivity index (χ0) is 14.2. The number of hydrogen-bond acceptors (Lipinski definition) is 4. The predicted octanol–water partition coefficient (Wildman–Crippen LogP) is 0.877. The molecule has 1 fully saturated rings. The Kier molecular flexibility index (Phi) is 3.98. The molecule has 6 nitrogen and oxygen atoms in total. The van der Waals surface area contributed by atoms with Crippen LogP contribution in [0.4, 0.5) is 0 Å². The lowest BCUT2D eigenvalue weighted by Crippen LogP contribution is -2.42. The van der Waals surface area contributed by atoms with Crippen molar-refractivity contribution < 1.29 is 13.5 Å². The average molecular weight is 287 g/mol. The fourth-order valence-electron chi connectivity index (χ4n) is 2.39. The fourth-order valence-corrected chi connectivity index (χ4v) is 4.11. The first kappa shape index (κ1) is 14.5. The Morgan fingerprint density at radius 1 is 1.42 bits per heavy atom. The maximum atomic E-state index is 12.6.